The highest BCUT2D eigenvalue weighted by Crippen LogP contribution is 2.23. The second-order valence-corrected chi connectivity index (χ2v) is 4.58. The second-order valence-electron chi connectivity index (χ2n) is 4.58. The van der Waals surface area contributed by atoms with Crippen LogP contribution in [0.5, 0.6) is 0 Å². The van der Waals surface area contributed by atoms with Crippen LogP contribution in [0.3, 0.4) is 0 Å². The van der Waals surface area contributed by atoms with Crippen molar-refractivity contribution in [1.82, 2.24) is 4.98 Å². The molecule has 0 saturated heterocycles. The molecule has 0 aliphatic heterocycles. The number of aromatic nitrogens is 1. The van der Waals surface area contributed by atoms with Crippen LogP contribution in [0.1, 0.15) is 35.8 Å². The second kappa shape index (κ2) is 6.23. The first-order valence-corrected chi connectivity index (χ1v) is 6.62. The maximum Gasteiger partial charge on any atom is 0.352 e. The van der Waals surface area contributed by atoms with Crippen LogP contribution in [0, 0.1) is 0 Å². The van der Waals surface area contributed by atoms with Crippen LogP contribution in [-0.4, -0.2) is 28.6 Å². The number of esters is 1. The summed E-state index contributed by atoms with van der Waals surface area (Å²) in [6.45, 7) is 2.39. The maximum absolute atomic E-state index is 11.8. The number of benzene rings is 1. The standard InChI is InChI=1S/C15H17NO4/c1-2-3-8-20-13(17)9-11-10-6-4-5-7-12(10)16-14(11)15(18)19/h4-7,16H,2-3,8-9H2,1H3,(H,18,19). The molecule has 0 atom stereocenters. The fourth-order valence-corrected chi connectivity index (χ4v) is 2.09. The fourth-order valence-electron chi connectivity index (χ4n) is 2.09. The molecule has 5 heteroatoms. The summed E-state index contributed by atoms with van der Waals surface area (Å²) < 4.78 is 5.09. The maximum atomic E-state index is 11.8. The molecule has 1 aromatic carbocycles. The summed E-state index contributed by atoms with van der Waals surface area (Å²) >= 11 is 0. The minimum absolute atomic E-state index is 0.0324. The van der Waals surface area contributed by atoms with Crippen molar-refractivity contribution in [3.8, 4) is 0 Å². The summed E-state index contributed by atoms with van der Waals surface area (Å²) in [5.41, 5.74) is 1.24. The molecule has 0 aliphatic carbocycles. The minimum atomic E-state index is -1.07. The first-order chi connectivity index (χ1) is 9.63. The van der Waals surface area contributed by atoms with Gasteiger partial charge in [0.15, 0.2) is 0 Å². The molecule has 5 nitrogen and oxygen atoms in total. The van der Waals surface area contributed by atoms with Gasteiger partial charge in [0.05, 0.1) is 13.0 Å². The number of carbonyl (C=O) groups is 2. The summed E-state index contributed by atoms with van der Waals surface area (Å²) in [6.07, 6.45) is 1.72. The number of hydrogen-bond donors (Lipinski definition) is 2. The van der Waals surface area contributed by atoms with Gasteiger partial charge < -0.3 is 14.8 Å². The van der Waals surface area contributed by atoms with Gasteiger partial charge >= 0.3 is 11.9 Å². The van der Waals surface area contributed by atoms with Crippen LogP contribution in [0.2, 0.25) is 0 Å². The quantitative estimate of drug-likeness (QED) is 0.627. The van der Waals surface area contributed by atoms with Crippen LogP contribution in [0.4, 0.5) is 0 Å². The molecule has 0 bridgehead atoms. The number of aromatic amines is 1. The molecule has 106 valence electrons. The van der Waals surface area contributed by atoms with E-state index in [9.17, 15) is 14.7 Å². The summed E-state index contributed by atoms with van der Waals surface area (Å²) in [5.74, 6) is -1.47. The largest absolute Gasteiger partial charge is 0.477 e. The number of carboxylic acid groups (broad SMARTS) is 1. The Kier molecular flexibility index (Phi) is 4.40. The van der Waals surface area contributed by atoms with Crippen molar-refractivity contribution < 1.29 is 19.4 Å². The Morgan fingerprint density at radius 3 is 2.75 bits per heavy atom. The lowest BCUT2D eigenvalue weighted by Gasteiger charge is -2.04. The molecule has 20 heavy (non-hydrogen) atoms. The Hall–Kier alpha value is -2.30. The number of para-hydroxylation sites is 1. The molecule has 0 spiro atoms. The molecule has 1 aromatic heterocycles. The average Bonchev–Trinajstić information content (AvgIpc) is 2.78. The van der Waals surface area contributed by atoms with E-state index in [1.807, 2.05) is 19.1 Å². The van der Waals surface area contributed by atoms with Gasteiger partial charge in [0.1, 0.15) is 5.69 Å². The van der Waals surface area contributed by atoms with Gasteiger partial charge in [0.25, 0.3) is 0 Å². The van der Waals surface area contributed by atoms with Gasteiger partial charge in [-0.25, -0.2) is 4.79 Å². The fraction of sp³-hybridized carbons (Fsp3) is 0.333. The van der Waals surface area contributed by atoms with Gasteiger partial charge in [-0.2, -0.15) is 0 Å². The SMILES string of the molecule is CCCCOC(=O)Cc1c(C(=O)O)[nH]c2ccccc12. The summed E-state index contributed by atoms with van der Waals surface area (Å²) in [6, 6.07) is 7.21. The third-order valence-corrected chi connectivity index (χ3v) is 3.11. The van der Waals surface area contributed by atoms with Gasteiger partial charge in [-0.3, -0.25) is 4.79 Å². The Morgan fingerprint density at radius 1 is 1.30 bits per heavy atom. The summed E-state index contributed by atoms with van der Waals surface area (Å²) in [7, 11) is 0. The number of carboxylic acids is 1. The number of carbonyl (C=O) groups excluding carboxylic acids is 1. The van der Waals surface area contributed by atoms with E-state index >= 15 is 0 Å². The topological polar surface area (TPSA) is 79.4 Å². The number of unbranched alkanes of at least 4 members (excludes halogenated alkanes) is 1. The molecule has 1 heterocycles. The molecule has 2 aromatic rings. The summed E-state index contributed by atoms with van der Waals surface area (Å²) in [4.78, 5) is 25.9. The van der Waals surface area contributed by atoms with E-state index in [0.717, 1.165) is 18.2 Å². The van der Waals surface area contributed by atoms with Gasteiger partial charge in [0.2, 0.25) is 0 Å². The van der Waals surface area contributed by atoms with Gasteiger partial charge in [-0.1, -0.05) is 31.5 Å². The van der Waals surface area contributed by atoms with E-state index in [0.29, 0.717) is 17.7 Å². The molecule has 0 unspecified atom stereocenters. The van der Waals surface area contributed by atoms with Crippen molar-refractivity contribution in [2.24, 2.45) is 0 Å². The third-order valence-electron chi connectivity index (χ3n) is 3.11. The lowest BCUT2D eigenvalue weighted by molar-refractivity contribution is -0.142. The normalized spacial score (nSPS) is 10.7. The highest BCUT2D eigenvalue weighted by atomic mass is 16.5. The zero-order valence-corrected chi connectivity index (χ0v) is 11.3. The minimum Gasteiger partial charge on any atom is -0.477 e. The first-order valence-electron chi connectivity index (χ1n) is 6.62. The first kappa shape index (κ1) is 14.1. The number of ether oxygens (including phenoxy) is 1. The van der Waals surface area contributed by atoms with Crippen molar-refractivity contribution in [2.45, 2.75) is 26.2 Å². The number of aromatic carboxylic acids is 1. The van der Waals surface area contributed by atoms with Crippen molar-refractivity contribution >= 4 is 22.8 Å². The zero-order valence-electron chi connectivity index (χ0n) is 11.3. The van der Waals surface area contributed by atoms with E-state index in [-0.39, 0.29) is 12.1 Å². The van der Waals surface area contributed by atoms with Crippen LogP contribution < -0.4 is 0 Å². The van der Waals surface area contributed by atoms with Crippen LogP contribution in [0.15, 0.2) is 24.3 Å². The predicted octanol–water partition coefficient (Wildman–Crippen LogP) is 2.75. The van der Waals surface area contributed by atoms with Gasteiger partial charge in [-0.05, 0) is 12.5 Å². The van der Waals surface area contributed by atoms with E-state index in [2.05, 4.69) is 4.98 Å². The molecule has 0 aliphatic rings. The number of hydrogen-bond acceptors (Lipinski definition) is 3. The number of rotatable bonds is 6. The Labute approximate surface area is 116 Å². The van der Waals surface area contributed by atoms with Crippen LogP contribution >= 0.6 is 0 Å². The van der Waals surface area contributed by atoms with Gasteiger partial charge in [0, 0.05) is 16.5 Å². The van der Waals surface area contributed by atoms with Crippen molar-refractivity contribution in [3.63, 3.8) is 0 Å². The lowest BCUT2D eigenvalue weighted by atomic mass is 10.1. The van der Waals surface area contributed by atoms with E-state index in [4.69, 9.17) is 4.74 Å². The predicted molar refractivity (Wildman–Crippen MR) is 74.8 cm³/mol. The van der Waals surface area contributed by atoms with Crippen LogP contribution in [0.25, 0.3) is 10.9 Å². The van der Waals surface area contributed by atoms with E-state index < -0.39 is 11.9 Å². The molecule has 0 fully saturated rings. The summed E-state index contributed by atoms with van der Waals surface area (Å²) in [5, 5.41) is 9.96. The number of H-pyrrole nitrogens is 1. The van der Waals surface area contributed by atoms with E-state index in [1.54, 1.807) is 12.1 Å². The molecule has 0 radical (unpaired) electrons. The third kappa shape index (κ3) is 2.99. The molecule has 0 amide bonds. The number of nitrogens with one attached hydrogen (secondary N) is 1. The van der Waals surface area contributed by atoms with Crippen molar-refractivity contribution in [2.75, 3.05) is 6.61 Å². The average molecular weight is 275 g/mol. The van der Waals surface area contributed by atoms with Crippen molar-refractivity contribution in [1.29, 1.82) is 0 Å². The Balaban J connectivity index is 2.25. The lowest BCUT2D eigenvalue weighted by Crippen LogP contribution is -2.11. The Bertz CT molecular complexity index is 630. The monoisotopic (exact) mass is 275 g/mol. The molecular weight excluding hydrogens is 258 g/mol. The Morgan fingerprint density at radius 2 is 2.05 bits per heavy atom. The van der Waals surface area contributed by atoms with Crippen molar-refractivity contribution in [3.05, 3.63) is 35.5 Å². The molecule has 2 rings (SSSR count). The molecule has 0 saturated carbocycles. The zero-order chi connectivity index (χ0) is 14.5. The van der Waals surface area contributed by atoms with E-state index in [1.165, 1.54) is 0 Å². The smallest absolute Gasteiger partial charge is 0.352 e. The highest BCUT2D eigenvalue weighted by molar-refractivity contribution is 5.99. The highest BCUT2D eigenvalue weighted by Gasteiger charge is 2.19. The molecule has 2 N–H and O–H groups in total. The molecular formula is C15H17NO4. The van der Waals surface area contributed by atoms with Gasteiger partial charge in [-0.15, -0.1) is 0 Å². The number of fused-ring (bicyclic) bond motifs is 1. The van der Waals surface area contributed by atoms with Crippen LogP contribution in [-0.2, 0) is 16.0 Å².